The first kappa shape index (κ1) is 13.3. The van der Waals surface area contributed by atoms with Crippen LogP contribution in [0.5, 0.6) is 11.6 Å². The van der Waals surface area contributed by atoms with Crippen LogP contribution in [0, 0.1) is 6.92 Å². The number of nitrogens with two attached hydrogens (primary N) is 1. The summed E-state index contributed by atoms with van der Waals surface area (Å²) in [4.78, 5) is 13.0. The summed E-state index contributed by atoms with van der Waals surface area (Å²) in [5.41, 5.74) is 3.37. The van der Waals surface area contributed by atoms with Gasteiger partial charge in [-0.05, 0) is 41.8 Å². The second kappa shape index (κ2) is 5.34. The molecule has 1 saturated carbocycles. The first-order valence-corrected chi connectivity index (χ1v) is 7.10. The minimum Gasteiger partial charge on any atom is -0.437 e. The fourth-order valence-corrected chi connectivity index (χ4v) is 2.18. The van der Waals surface area contributed by atoms with Crippen molar-refractivity contribution in [2.45, 2.75) is 25.7 Å². The molecule has 3 rings (SSSR count). The maximum Gasteiger partial charge on any atom is 0.227 e. The Balaban J connectivity index is 1.97. The van der Waals surface area contributed by atoms with E-state index in [2.05, 4.69) is 36.3 Å². The summed E-state index contributed by atoms with van der Waals surface area (Å²) in [6.45, 7) is 1.87. The lowest BCUT2D eigenvalue weighted by Gasteiger charge is -2.12. The maximum atomic E-state index is 5.81. The van der Waals surface area contributed by atoms with Crippen molar-refractivity contribution in [2.75, 3.05) is 5.43 Å². The van der Waals surface area contributed by atoms with Gasteiger partial charge in [-0.1, -0.05) is 0 Å². The maximum absolute atomic E-state index is 5.81. The quantitative estimate of drug-likeness (QED) is 0.660. The standard InChI is InChI=1S/C13H14BrN5O/c1-7-11(19-15)17-12(8-2-3-8)18-13(7)20-10-4-9(14)5-16-6-10/h4-6,8H,2-3,15H2,1H3,(H,17,18,19). The smallest absolute Gasteiger partial charge is 0.227 e. The number of nitrogens with one attached hydrogen (secondary N) is 1. The van der Waals surface area contributed by atoms with Crippen LogP contribution in [0.2, 0.25) is 0 Å². The molecule has 2 heterocycles. The van der Waals surface area contributed by atoms with Gasteiger partial charge in [0.1, 0.15) is 11.6 Å². The molecule has 1 fully saturated rings. The number of aromatic nitrogens is 3. The number of halogens is 1. The van der Waals surface area contributed by atoms with Gasteiger partial charge in [-0.25, -0.2) is 10.8 Å². The predicted octanol–water partition coefficient (Wildman–Crippen LogP) is 2.90. The van der Waals surface area contributed by atoms with Crippen LogP contribution in [-0.2, 0) is 0 Å². The van der Waals surface area contributed by atoms with Gasteiger partial charge in [0, 0.05) is 16.6 Å². The molecule has 0 amide bonds. The molecule has 0 aliphatic heterocycles. The first-order chi connectivity index (χ1) is 9.67. The Morgan fingerprint density at radius 2 is 2.15 bits per heavy atom. The average molecular weight is 336 g/mol. The molecule has 7 heteroatoms. The van der Waals surface area contributed by atoms with E-state index in [0.717, 1.165) is 28.7 Å². The number of nitrogens with zero attached hydrogens (tertiary/aromatic N) is 3. The van der Waals surface area contributed by atoms with Crippen LogP contribution in [0.3, 0.4) is 0 Å². The zero-order valence-electron chi connectivity index (χ0n) is 10.9. The van der Waals surface area contributed by atoms with Crippen molar-refractivity contribution in [3.8, 4) is 11.6 Å². The molecule has 0 spiro atoms. The second-order valence-electron chi connectivity index (χ2n) is 4.72. The van der Waals surface area contributed by atoms with Crippen LogP contribution >= 0.6 is 15.9 Å². The van der Waals surface area contributed by atoms with Gasteiger partial charge in [0.25, 0.3) is 0 Å². The van der Waals surface area contributed by atoms with Crippen LogP contribution in [0.4, 0.5) is 5.82 Å². The minimum absolute atomic E-state index is 0.422. The third-order valence-corrected chi connectivity index (χ3v) is 3.53. The molecular weight excluding hydrogens is 322 g/mol. The predicted molar refractivity (Wildman–Crippen MR) is 78.6 cm³/mol. The Bertz CT molecular complexity index is 645. The second-order valence-corrected chi connectivity index (χ2v) is 5.64. The third kappa shape index (κ3) is 2.73. The number of hydrogen-bond acceptors (Lipinski definition) is 6. The zero-order valence-corrected chi connectivity index (χ0v) is 12.5. The van der Waals surface area contributed by atoms with Gasteiger partial charge in [0.2, 0.25) is 5.88 Å². The van der Waals surface area contributed by atoms with E-state index < -0.39 is 0 Å². The van der Waals surface area contributed by atoms with Crippen molar-refractivity contribution in [3.63, 3.8) is 0 Å². The molecule has 0 radical (unpaired) electrons. The van der Waals surface area contributed by atoms with Crippen molar-refractivity contribution in [1.82, 2.24) is 15.0 Å². The summed E-state index contributed by atoms with van der Waals surface area (Å²) in [7, 11) is 0. The van der Waals surface area contributed by atoms with E-state index in [-0.39, 0.29) is 0 Å². The van der Waals surface area contributed by atoms with Crippen molar-refractivity contribution in [2.24, 2.45) is 5.84 Å². The highest BCUT2D eigenvalue weighted by Crippen LogP contribution is 2.40. The van der Waals surface area contributed by atoms with Crippen LogP contribution in [0.25, 0.3) is 0 Å². The van der Waals surface area contributed by atoms with E-state index in [4.69, 9.17) is 10.6 Å². The van der Waals surface area contributed by atoms with Gasteiger partial charge >= 0.3 is 0 Å². The molecule has 0 saturated heterocycles. The van der Waals surface area contributed by atoms with Gasteiger partial charge in [0.05, 0.1) is 11.8 Å². The number of anilines is 1. The Hall–Kier alpha value is -1.73. The van der Waals surface area contributed by atoms with Gasteiger partial charge in [-0.2, -0.15) is 4.98 Å². The SMILES string of the molecule is Cc1c(NN)nc(C2CC2)nc1Oc1cncc(Br)c1. The van der Waals surface area contributed by atoms with E-state index in [1.54, 1.807) is 12.4 Å². The Morgan fingerprint density at radius 3 is 2.80 bits per heavy atom. The van der Waals surface area contributed by atoms with Crippen LogP contribution < -0.4 is 16.0 Å². The Labute approximate surface area is 124 Å². The van der Waals surface area contributed by atoms with Crippen molar-refractivity contribution < 1.29 is 4.74 Å². The average Bonchev–Trinajstić information content (AvgIpc) is 3.25. The van der Waals surface area contributed by atoms with Crippen molar-refractivity contribution in [3.05, 3.63) is 34.3 Å². The molecule has 0 aromatic carbocycles. The first-order valence-electron chi connectivity index (χ1n) is 6.31. The molecule has 1 aliphatic carbocycles. The van der Waals surface area contributed by atoms with Gasteiger partial charge < -0.3 is 10.2 Å². The molecule has 3 N–H and O–H groups in total. The number of rotatable bonds is 4. The van der Waals surface area contributed by atoms with E-state index in [1.165, 1.54) is 0 Å². The van der Waals surface area contributed by atoms with Crippen LogP contribution in [-0.4, -0.2) is 15.0 Å². The molecule has 1 aliphatic rings. The Kier molecular flexibility index (Phi) is 3.54. The van der Waals surface area contributed by atoms with E-state index in [9.17, 15) is 0 Å². The number of pyridine rings is 1. The lowest BCUT2D eigenvalue weighted by atomic mass is 10.3. The van der Waals surface area contributed by atoms with Crippen molar-refractivity contribution in [1.29, 1.82) is 0 Å². The normalized spacial score (nSPS) is 14.2. The summed E-state index contributed by atoms with van der Waals surface area (Å²) < 4.78 is 6.66. The van der Waals surface area contributed by atoms with Gasteiger partial charge in [-0.15, -0.1) is 0 Å². The van der Waals surface area contributed by atoms with Crippen LogP contribution in [0.1, 0.15) is 30.1 Å². The van der Waals surface area contributed by atoms with Crippen LogP contribution in [0.15, 0.2) is 22.9 Å². The summed E-state index contributed by atoms with van der Waals surface area (Å²) >= 11 is 3.36. The lowest BCUT2D eigenvalue weighted by Crippen LogP contribution is -2.13. The molecule has 6 nitrogen and oxygen atoms in total. The molecule has 0 unspecified atom stereocenters. The molecule has 0 atom stereocenters. The van der Waals surface area contributed by atoms with Crippen molar-refractivity contribution >= 4 is 21.7 Å². The highest BCUT2D eigenvalue weighted by Gasteiger charge is 2.28. The summed E-state index contributed by atoms with van der Waals surface area (Å²) in [6, 6.07) is 1.83. The molecule has 2 aromatic rings. The monoisotopic (exact) mass is 335 g/mol. The summed E-state index contributed by atoms with van der Waals surface area (Å²) in [6.07, 6.45) is 5.57. The number of hydrazine groups is 1. The molecule has 0 bridgehead atoms. The molecule has 20 heavy (non-hydrogen) atoms. The van der Waals surface area contributed by atoms with E-state index in [1.807, 2.05) is 13.0 Å². The largest absolute Gasteiger partial charge is 0.437 e. The van der Waals surface area contributed by atoms with Gasteiger partial charge in [0.15, 0.2) is 5.82 Å². The number of nitrogen functional groups attached to an aromatic ring is 1. The van der Waals surface area contributed by atoms with E-state index >= 15 is 0 Å². The zero-order chi connectivity index (χ0) is 14.1. The Morgan fingerprint density at radius 1 is 1.35 bits per heavy atom. The fraction of sp³-hybridized carbons (Fsp3) is 0.308. The number of ether oxygens (including phenoxy) is 1. The summed E-state index contributed by atoms with van der Waals surface area (Å²) in [5, 5.41) is 0. The fourth-order valence-electron chi connectivity index (χ4n) is 1.84. The lowest BCUT2D eigenvalue weighted by molar-refractivity contribution is 0.452. The number of hydrogen-bond donors (Lipinski definition) is 2. The summed E-state index contributed by atoms with van der Waals surface area (Å²) in [5.74, 6) is 8.43. The molecular formula is C13H14BrN5O. The molecule has 2 aromatic heterocycles. The van der Waals surface area contributed by atoms with Gasteiger partial charge in [-0.3, -0.25) is 4.98 Å². The highest BCUT2D eigenvalue weighted by molar-refractivity contribution is 9.10. The topological polar surface area (TPSA) is 86.0 Å². The molecule has 104 valence electrons. The minimum atomic E-state index is 0.422. The highest BCUT2D eigenvalue weighted by atomic mass is 79.9. The van der Waals surface area contributed by atoms with E-state index in [0.29, 0.717) is 23.4 Å². The third-order valence-electron chi connectivity index (χ3n) is 3.09.